The smallest absolute Gasteiger partial charge is 0.324 e. The van der Waals surface area contributed by atoms with E-state index in [-0.39, 0.29) is 11.7 Å². The molecular weight excluding hydrogens is 228 g/mol. The van der Waals surface area contributed by atoms with E-state index in [0.29, 0.717) is 12.4 Å². The molecule has 0 heterocycles. The summed E-state index contributed by atoms with van der Waals surface area (Å²) < 4.78 is 9.11. The summed E-state index contributed by atoms with van der Waals surface area (Å²) >= 11 is 6.89. The quantitative estimate of drug-likeness (QED) is 0.513. The van der Waals surface area contributed by atoms with E-state index in [4.69, 9.17) is 16.3 Å². The van der Waals surface area contributed by atoms with Gasteiger partial charge in [0, 0.05) is 5.75 Å². The predicted molar refractivity (Wildman–Crippen MR) is 55.6 cm³/mol. The number of hydrogen-bond donors (Lipinski definition) is 0. The maximum absolute atomic E-state index is 10.9. The number of esters is 2. The molecule has 0 aromatic rings. The molecule has 1 atom stereocenters. The van der Waals surface area contributed by atoms with Crippen molar-refractivity contribution in [2.75, 3.05) is 25.2 Å². The molecule has 1 unspecified atom stereocenters. The Morgan fingerprint density at radius 3 is 2.64 bits per heavy atom. The van der Waals surface area contributed by atoms with Crippen LogP contribution in [0.2, 0.25) is 0 Å². The molecule has 6 heteroatoms. The van der Waals surface area contributed by atoms with Crippen molar-refractivity contribution in [2.24, 2.45) is 0 Å². The van der Waals surface area contributed by atoms with E-state index in [2.05, 4.69) is 4.74 Å². The fourth-order valence-corrected chi connectivity index (χ4v) is 1.71. The highest BCUT2D eigenvalue weighted by molar-refractivity contribution is 8.00. The van der Waals surface area contributed by atoms with Gasteiger partial charge in [0.25, 0.3) is 0 Å². The average Bonchev–Trinajstić information content (AvgIpc) is 2.16. The van der Waals surface area contributed by atoms with Crippen LogP contribution in [-0.4, -0.2) is 42.5 Å². The van der Waals surface area contributed by atoms with Crippen molar-refractivity contribution in [3.8, 4) is 0 Å². The van der Waals surface area contributed by atoms with E-state index in [1.165, 1.54) is 18.9 Å². The molecule has 0 bridgehead atoms. The first-order valence-electron chi connectivity index (χ1n) is 4.07. The topological polar surface area (TPSA) is 52.6 Å². The van der Waals surface area contributed by atoms with Crippen molar-refractivity contribution in [1.82, 2.24) is 0 Å². The van der Waals surface area contributed by atoms with Crippen LogP contribution >= 0.6 is 23.4 Å². The summed E-state index contributed by atoms with van der Waals surface area (Å²) in [7, 11) is 1.27. The van der Waals surface area contributed by atoms with Crippen LogP contribution in [0.5, 0.6) is 0 Å². The third kappa shape index (κ3) is 6.10. The van der Waals surface area contributed by atoms with Gasteiger partial charge in [0.15, 0.2) is 0 Å². The molecule has 0 aliphatic heterocycles. The van der Waals surface area contributed by atoms with Gasteiger partial charge in [0.2, 0.25) is 0 Å². The molecule has 0 fully saturated rings. The SMILES string of the molecule is CCOC(=O)CSCC(Cl)C(=O)OC. The highest BCUT2D eigenvalue weighted by Gasteiger charge is 2.16. The van der Waals surface area contributed by atoms with Gasteiger partial charge in [-0.25, -0.2) is 0 Å². The second kappa shape index (κ2) is 7.94. The first-order chi connectivity index (χ1) is 6.61. The molecule has 0 rings (SSSR count). The highest BCUT2D eigenvalue weighted by atomic mass is 35.5. The normalized spacial score (nSPS) is 11.9. The Kier molecular flexibility index (Phi) is 7.70. The van der Waals surface area contributed by atoms with Crippen LogP contribution in [0.4, 0.5) is 0 Å². The van der Waals surface area contributed by atoms with Crippen LogP contribution in [0.3, 0.4) is 0 Å². The Morgan fingerprint density at radius 1 is 1.50 bits per heavy atom. The van der Waals surface area contributed by atoms with Crippen LogP contribution in [0, 0.1) is 0 Å². The van der Waals surface area contributed by atoms with Crippen molar-refractivity contribution in [3.63, 3.8) is 0 Å². The van der Waals surface area contributed by atoms with Gasteiger partial charge in [-0.1, -0.05) is 0 Å². The Hall–Kier alpha value is -0.420. The van der Waals surface area contributed by atoms with E-state index in [9.17, 15) is 9.59 Å². The van der Waals surface area contributed by atoms with E-state index < -0.39 is 11.3 Å². The lowest BCUT2D eigenvalue weighted by molar-refractivity contribution is -0.140. The van der Waals surface area contributed by atoms with Crippen LogP contribution in [0.25, 0.3) is 0 Å². The second-order valence-electron chi connectivity index (χ2n) is 2.31. The van der Waals surface area contributed by atoms with Gasteiger partial charge in [-0.05, 0) is 6.92 Å². The van der Waals surface area contributed by atoms with Crippen LogP contribution in [-0.2, 0) is 19.1 Å². The predicted octanol–water partition coefficient (Wildman–Crippen LogP) is 1.06. The van der Waals surface area contributed by atoms with Crippen LogP contribution in [0.15, 0.2) is 0 Å². The van der Waals surface area contributed by atoms with Crippen molar-refractivity contribution in [1.29, 1.82) is 0 Å². The van der Waals surface area contributed by atoms with E-state index >= 15 is 0 Å². The number of halogens is 1. The molecule has 82 valence electrons. The average molecular weight is 241 g/mol. The lowest BCUT2D eigenvalue weighted by atomic mass is 10.5. The number of thioether (sulfide) groups is 1. The largest absolute Gasteiger partial charge is 0.468 e. The van der Waals surface area contributed by atoms with Gasteiger partial charge in [0.05, 0.1) is 19.5 Å². The summed E-state index contributed by atoms with van der Waals surface area (Å²) in [6.07, 6.45) is 0. The molecule has 0 saturated carbocycles. The van der Waals surface area contributed by atoms with Gasteiger partial charge in [-0.2, -0.15) is 0 Å². The maximum atomic E-state index is 10.9. The zero-order chi connectivity index (χ0) is 11.0. The summed E-state index contributed by atoms with van der Waals surface area (Å²) in [5, 5.41) is -0.709. The fraction of sp³-hybridized carbons (Fsp3) is 0.750. The van der Waals surface area contributed by atoms with Gasteiger partial charge in [0.1, 0.15) is 5.38 Å². The molecule has 14 heavy (non-hydrogen) atoms. The van der Waals surface area contributed by atoms with Crippen molar-refractivity contribution in [2.45, 2.75) is 12.3 Å². The highest BCUT2D eigenvalue weighted by Crippen LogP contribution is 2.09. The summed E-state index contributed by atoms with van der Waals surface area (Å²) in [6, 6.07) is 0. The minimum absolute atomic E-state index is 0.202. The van der Waals surface area contributed by atoms with Gasteiger partial charge < -0.3 is 9.47 Å². The number of carbonyl (C=O) groups excluding carboxylic acids is 2. The number of alkyl halides is 1. The van der Waals surface area contributed by atoms with Crippen LogP contribution < -0.4 is 0 Å². The third-order valence-electron chi connectivity index (χ3n) is 1.25. The molecule has 0 aromatic carbocycles. The minimum Gasteiger partial charge on any atom is -0.468 e. The number of hydrogen-bond acceptors (Lipinski definition) is 5. The maximum Gasteiger partial charge on any atom is 0.324 e. The fourth-order valence-electron chi connectivity index (χ4n) is 0.644. The van der Waals surface area contributed by atoms with Gasteiger partial charge >= 0.3 is 11.9 Å². The zero-order valence-corrected chi connectivity index (χ0v) is 9.69. The summed E-state index contributed by atoms with van der Waals surface area (Å²) in [4.78, 5) is 21.7. The summed E-state index contributed by atoms with van der Waals surface area (Å²) in [5.74, 6) is -0.240. The minimum atomic E-state index is -0.709. The first kappa shape index (κ1) is 13.6. The third-order valence-corrected chi connectivity index (χ3v) is 2.77. The number of carbonyl (C=O) groups is 2. The summed E-state index contributed by atoms with van der Waals surface area (Å²) in [5.41, 5.74) is 0. The van der Waals surface area contributed by atoms with E-state index in [1.54, 1.807) is 6.92 Å². The molecule has 0 N–H and O–H groups in total. The molecular formula is C8H13ClO4S. The molecule has 0 aliphatic carbocycles. The number of methoxy groups -OCH3 is 1. The molecule has 0 aliphatic rings. The molecule has 0 saturated heterocycles. The van der Waals surface area contributed by atoms with Crippen LogP contribution in [0.1, 0.15) is 6.92 Å². The Morgan fingerprint density at radius 2 is 2.14 bits per heavy atom. The summed E-state index contributed by atoms with van der Waals surface area (Å²) in [6.45, 7) is 2.10. The first-order valence-corrected chi connectivity index (χ1v) is 5.66. The lowest BCUT2D eigenvalue weighted by Crippen LogP contribution is -2.19. The van der Waals surface area contributed by atoms with Gasteiger partial charge in [-0.3, -0.25) is 9.59 Å². The molecule has 4 nitrogen and oxygen atoms in total. The Labute approximate surface area is 92.3 Å². The van der Waals surface area contributed by atoms with E-state index in [1.807, 2.05) is 0 Å². The van der Waals surface area contributed by atoms with Crippen molar-refractivity contribution >= 4 is 35.3 Å². The van der Waals surface area contributed by atoms with Crippen molar-refractivity contribution < 1.29 is 19.1 Å². The zero-order valence-electron chi connectivity index (χ0n) is 8.12. The number of ether oxygens (including phenoxy) is 2. The lowest BCUT2D eigenvalue weighted by Gasteiger charge is -2.06. The standard InChI is InChI=1S/C8H13ClO4S/c1-3-13-7(10)5-14-4-6(9)8(11)12-2/h6H,3-5H2,1-2H3. The molecule has 0 amide bonds. The second-order valence-corrected chi connectivity index (χ2v) is 3.87. The Bertz CT molecular complexity index is 198. The number of rotatable bonds is 6. The van der Waals surface area contributed by atoms with Gasteiger partial charge in [-0.15, -0.1) is 23.4 Å². The molecule has 0 aromatic heterocycles. The monoisotopic (exact) mass is 240 g/mol. The van der Waals surface area contributed by atoms with E-state index in [0.717, 1.165) is 0 Å². The molecule has 0 radical (unpaired) electrons. The molecule has 0 spiro atoms. The Balaban J connectivity index is 3.53. The van der Waals surface area contributed by atoms with Crippen molar-refractivity contribution in [3.05, 3.63) is 0 Å².